The fraction of sp³-hybridized carbons (Fsp3) is 0.158. The van der Waals surface area contributed by atoms with Crippen molar-refractivity contribution in [1.82, 2.24) is 18.9 Å². The van der Waals surface area contributed by atoms with Crippen LogP contribution in [0.25, 0.3) is 33.5 Å². The van der Waals surface area contributed by atoms with Crippen LogP contribution >= 0.6 is 0 Å². The van der Waals surface area contributed by atoms with Crippen molar-refractivity contribution in [3.63, 3.8) is 0 Å². The smallest absolute Gasteiger partial charge is 0.244 e. The van der Waals surface area contributed by atoms with Gasteiger partial charge in [-0.15, -0.1) is 0 Å². The van der Waals surface area contributed by atoms with Crippen molar-refractivity contribution in [1.29, 1.82) is 0 Å². The van der Waals surface area contributed by atoms with Crippen LogP contribution in [0.4, 0.5) is 10.3 Å². The molecule has 0 aliphatic carbocycles. The van der Waals surface area contributed by atoms with Crippen LogP contribution in [-0.2, 0) is 10.0 Å². The second-order valence-corrected chi connectivity index (χ2v) is 9.01. The summed E-state index contributed by atoms with van der Waals surface area (Å²) in [6, 6.07) is 11.3. The average Bonchev–Trinajstić information content (AvgIpc) is 3.24. The number of H-pyrrole nitrogens is 1. The first-order chi connectivity index (χ1) is 13.3. The van der Waals surface area contributed by atoms with Gasteiger partial charge in [0, 0.05) is 11.1 Å². The molecule has 0 aliphatic heterocycles. The first kappa shape index (κ1) is 18.2. The third-order valence-electron chi connectivity index (χ3n) is 4.51. The van der Waals surface area contributed by atoms with E-state index in [0.29, 0.717) is 33.5 Å². The maximum absolute atomic E-state index is 13.6. The topological polar surface area (TPSA) is 107 Å². The number of hydrogen-bond donors (Lipinski definition) is 2. The van der Waals surface area contributed by atoms with E-state index >= 15 is 0 Å². The Hall–Kier alpha value is -3.20. The lowest BCUT2D eigenvalue weighted by atomic mass is 10.0. The number of imidazole rings is 2. The van der Waals surface area contributed by atoms with Gasteiger partial charge in [0.15, 0.2) is 0 Å². The number of rotatable bonds is 4. The monoisotopic (exact) mass is 399 g/mol. The maximum Gasteiger partial charge on any atom is 0.244 e. The third kappa shape index (κ3) is 2.84. The number of nitrogen functional groups attached to an aromatic ring is 1. The molecule has 0 unspecified atom stereocenters. The Morgan fingerprint density at radius 1 is 1.14 bits per heavy atom. The fourth-order valence-electron chi connectivity index (χ4n) is 3.08. The van der Waals surface area contributed by atoms with E-state index in [1.54, 1.807) is 44.2 Å². The summed E-state index contributed by atoms with van der Waals surface area (Å²) in [5, 5.41) is -0.661. The van der Waals surface area contributed by atoms with Crippen molar-refractivity contribution in [2.45, 2.75) is 19.1 Å². The first-order valence-corrected chi connectivity index (χ1v) is 10.1. The Labute approximate surface area is 161 Å². The molecule has 2 aromatic heterocycles. The summed E-state index contributed by atoms with van der Waals surface area (Å²) in [6.07, 6.45) is 1.51. The van der Waals surface area contributed by atoms with Crippen LogP contribution in [0.2, 0.25) is 0 Å². The van der Waals surface area contributed by atoms with Crippen LogP contribution < -0.4 is 5.73 Å². The van der Waals surface area contributed by atoms with E-state index in [1.165, 1.54) is 18.5 Å². The highest BCUT2D eigenvalue weighted by Gasteiger charge is 2.25. The third-order valence-corrected chi connectivity index (χ3v) is 6.60. The zero-order chi connectivity index (χ0) is 20.1. The number of aromatic nitrogens is 4. The van der Waals surface area contributed by atoms with Crippen LogP contribution in [0.5, 0.6) is 0 Å². The van der Waals surface area contributed by atoms with E-state index in [2.05, 4.69) is 15.0 Å². The number of fused-ring (bicyclic) bond motifs is 1. The molecule has 0 bridgehead atoms. The summed E-state index contributed by atoms with van der Waals surface area (Å²) in [7, 11) is -3.69. The molecule has 9 heteroatoms. The molecule has 0 fully saturated rings. The van der Waals surface area contributed by atoms with Gasteiger partial charge in [-0.2, -0.15) is 0 Å². The highest BCUT2D eigenvalue weighted by atomic mass is 32.2. The first-order valence-electron chi connectivity index (χ1n) is 8.61. The highest BCUT2D eigenvalue weighted by molar-refractivity contribution is 7.90. The molecule has 0 saturated carbocycles. The number of nitrogens with one attached hydrogen (secondary N) is 1. The molecule has 0 atom stereocenters. The zero-order valence-electron chi connectivity index (χ0n) is 15.2. The molecule has 0 amide bonds. The zero-order valence-corrected chi connectivity index (χ0v) is 16.0. The van der Waals surface area contributed by atoms with Crippen molar-refractivity contribution < 1.29 is 12.8 Å². The molecule has 2 heterocycles. The Morgan fingerprint density at radius 2 is 1.93 bits per heavy atom. The average molecular weight is 399 g/mol. The number of anilines is 1. The van der Waals surface area contributed by atoms with Gasteiger partial charge in [0.2, 0.25) is 16.0 Å². The predicted octanol–water partition coefficient (Wildman–Crippen LogP) is 3.40. The molecular formula is C19H18FN5O2S. The van der Waals surface area contributed by atoms with Crippen LogP contribution in [0, 0.1) is 5.82 Å². The molecule has 4 rings (SSSR count). The van der Waals surface area contributed by atoms with Crippen LogP contribution in [0.15, 0.2) is 48.8 Å². The quantitative estimate of drug-likeness (QED) is 0.547. The number of nitrogens with two attached hydrogens (primary N) is 1. The second-order valence-electron chi connectivity index (χ2n) is 6.67. The van der Waals surface area contributed by atoms with E-state index in [9.17, 15) is 12.8 Å². The summed E-state index contributed by atoms with van der Waals surface area (Å²) >= 11 is 0. The van der Waals surface area contributed by atoms with Crippen LogP contribution in [0.3, 0.4) is 0 Å². The number of aromatic amines is 1. The summed E-state index contributed by atoms with van der Waals surface area (Å²) in [5.74, 6) is -0.452. The number of nitrogens with zero attached hydrogens (tertiary/aromatic N) is 3. The maximum atomic E-state index is 13.6. The molecule has 3 N–H and O–H groups in total. The van der Waals surface area contributed by atoms with Gasteiger partial charge in [0.25, 0.3) is 0 Å². The van der Waals surface area contributed by atoms with E-state index in [1.807, 2.05) is 0 Å². The Morgan fingerprint density at radius 3 is 2.64 bits per heavy atom. The minimum atomic E-state index is -3.69. The Balaban J connectivity index is 1.92. The van der Waals surface area contributed by atoms with Gasteiger partial charge in [0.05, 0.1) is 34.0 Å². The van der Waals surface area contributed by atoms with Crippen LogP contribution in [-0.4, -0.2) is 32.6 Å². The van der Waals surface area contributed by atoms with E-state index in [4.69, 9.17) is 5.73 Å². The van der Waals surface area contributed by atoms with Gasteiger partial charge in [-0.1, -0.05) is 18.2 Å². The minimum absolute atomic E-state index is 0.0872. The predicted molar refractivity (Wildman–Crippen MR) is 107 cm³/mol. The van der Waals surface area contributed by atoms with E-state index in [-0.39, 0.29) is 11.8 Å². The van der Waals surface area contributed by atoms with Crippen molar-refractivity contribution in [3.05, 3.63) is 54.6 Å². The van der Waals surface area contributed by atoms with Crippen molar-refractivity contribution in [2.24, 2.45) is 0 Å². The molecule has 0 saturated heterocycles. The van der Waals surface area contributed by atoms with Crippen molar-refractivity contribution in [3.8, 4) is 22.5 Å². The van der Waals surface area contributed by atoms with Gasteiger partial charge in [-0.3, -0.25) is 0 Å². The lowest BCUT2D eigenvalue weighted by Gasteiger charge is -2.11. The van der Waals surface area contributed by atoms with Crippen molar-refractivity contribution in [2.75, 3.05) is 5.73 Å². The molecule has 0 spiro atoms. The normalized spacial score (nSPS) is 12.1. The van der Waals surface area contributed by atoms with Gasteiger partial charge >= 0.3 is 0 Å². The number of halogens is 1. The summed E-state index contributed by atoms with van der Waals surface area (Å²) in [4.78, 5) is 11.5. The lowest BCUT2D eigenvalue weighted by Crippen LogP contribution is -2.23. The Bertz CT molecular complexity index is 1290. The van der Waals surface area contributed by atoms with Gasteiger partial charge in [0.1, 0.15) is 5.82 Å². The summed E-state index contributed by atoms with van der Waals surface area (Å²) in [6.45, 7) is 3.17. The minimum Gasteiger partial charge on any atom is -0.368 e. The summed E-state index contributed by atoms with van der Waals surface area (Å²) in [5.41, 5.74) is 9.24. The number of benzene rings is 2. The molecule has 144 valence electrons. The second kappa shape index (κ2) is 6.45. The molecule has 4 aromatic rings. The van der Waals surface area contributed by atoms with Gasteiger partial charge in [-0.05, 0) is 38.1 Å². The van der Waals surface area contributed by atoms with E-state index < -0.39 is 15.3 Å². The molecule has 7 nitrogen and oxygen atoms in total. The standard InChI is InChI=1S/C19H18FN5O2S/c1-11(2)28(26,27)25-16-9-13(6-7-15(16)24-19(25)21)18-17(22-10-23-18)12-4-3-5-14(20)8-12/h3-11H,1-2H3,(H2,21,24)(H,22,23). The molecule has 28 heavy (non-hydrogen) atoms. The highest BCUT2D eigenvalue weighted by Crippen LogP contribution is 2.32. The molecule has 2 aromatic carbocycles. The fourth-order valence-corrected chi connectivity index (χ4v) is 4.22. The van der Waals surface area contributed by atoms with E-state index in [0.717, 1.165) is 3.97 Å². The Kier molecular flexibility index (Phi) is 4.19. The van der Waals surface area contributed by atoms with Crippen molar-refractivity contribution >= 4 is 27.0 Å². The lowest BCUT2D eigenvalue weighted by molar-refractivity contribution is 0.580. The van der Waals surface area contributed by atoms with Gasteiger partial charge in [-0.25, -0.2) is 26.7 Å². The number of hydrogen-bond acceptors (Lipinski definition) is 5. The van der Waals surface area contributed by atoms with Crippen LogP contribution in [0.1, 0.15) is 13.8 Å². The summed E-state index contributed by atoms with van der Waals surface area (Å²) < 4.78 is 40.2. The molecular weight excluding hydrogens is 381 g/mol. The van der Waals surface area contributed by atoms with Gasteiger partial charge < -0.3 is 10.7 Å². The SMILES string of the molecule is CC(C)S(=O)(=O)n1c(N)nc2ccc(-c3[nH]cnc3-c3cccc(F)c3)cc21. The largest absolute Gasteiger partial charge is 0.368 e. The molecule has 0 aliphatic rings. The molecule has 0 radical (unpaired) electrons.